The van der Waals surface area contributed by atoms with Gasteiger partial charge in [0.2, 0.25) is 0 Å². The Hall–Kier alpha value is -1.96. The number of nitrogens with one attached hydrogen (secondary N) is 1. The fourth-order valence-electron chi connectivity index (χ4n) is 3.79. The summed E-state index contributed by atoms with van der Waals surface area (Å²) in [7, 11) is 0. The number of carbonyl (C=O) groups is 1. The highest BCUT2D eigenvalue weighted by molar-refractivity contribution is 6.30. The van der Waals surface area contributed by atoms with Crippen LogP contribution in [0.15, 0.2) is 30.5 Å². The number of rotatable bonds is 4. The van der Waals surface area contributed by atoms with Crippen LogP contribution >= 0.6 is 11.6 Å². The second kappa shape index (κ2) is 8.37. The van der Waals surface area contributed by atoms with E-state index in [4.69, 9.17) is 11.6 Å². The van der Waals surface area contributed by atoms with Crippen LogP contribution in [0.3, 0.4) is 0 Å². The lowest BCUT2D eigenvalue weighted by Gasteiger charge is -2.34. The lowest BCUT2D eigenvalue weighted by atomic mass is 10.1. The Morgan fingerprint density at radius 1 is 1.19 bits per heavy atom. The quantitative estimate of drug-likeness (QED) is 0.865. The largest absolute Gasteiger partial charge is 0.335 e. The van der Waals surface area contributed by atoms with Crippen molar-refractivity contribution in [3.8, 4) is 0 Å². The van der Waals surface area contributed by atoms with Crippen LogP contribution in [0.25, 0.3) is 0 Å². The number of piperidine rings is 1. The van der Waals surface area contributed by atoms with Crippen molar-refractivity contribution in [1.82, 2.24) is 30.1 Å². The van der Waals surface area contributed by atoms with E-state index in [1.54, 1.807) is 0 Å². The normalized spacial score (nSPS) is 19.4. The summed E-state index contributed by atoms with van der Waals surface area (Å²) in [5.74, 6) is -0.0161. The maximum absolute atomic E-state index is 12.8. The molecule has 0 unspecified atom stereocenters. The van der Waals surface area contributed by atoms with Crippen LogP contribution < -0.4 is 5.32 Å². The fourth-order valence-corrected chi connectivity index (χ4v) is 4.00. The van der Waals surface area contributed by atoms with Gasteiger partial charge in [-0.05, 0) is 43.6 Å². The van der Waals surface area contributed by atoms with Crippen LogP contribution in [-0.2, 0) is 6.54 Å². The predicted molar refractivity (Wildman–Crippen MR) is 104 cm³/mol. The lowest BCUT2D eigenvalue weighted by Crippen LogP contribution is -2.48. The summed E-state index contributed by atoms with van der Waals surface area (Å²) in [6.45, 7) is 5.94. The first-order chi connectivity index (χ1) is 13.2. The maximum Gasteiger partial charge on any atom is 0.276 e. The Morgan fingerprint density at radius 3 is 2.70 bits per heavy atom. The third-order valence-corrected chi connectivity index (χ3v) is 5.60. The first kappa shape index (κ1) is 18.4. The third-order valence-electron chi connectivity index (χ3n) is 5.37. The Balaban J connectivity index is 1.31. The van der Waals surface area contributed by atoms with Gasteiger partial charge in [-0.25, -0.2) is 4.68 Å². The molecule has 144 valence electrons. The Kier molecular flexibility index (Phi) is 5.71. The maximum atomic E-state index is 12.8. The van der Waals surface area contributed by atoms with Crippen LogP contribution in [-0.4, -0.2) is 70.0 Å². The molecule has 2 aliphatic heterocycles. The number of nitrogens with zero attached hydrogens (tertiary/aromatic N) is 5. The summed E-state index contributed by atoms with van der Waals surface area (Å²) in [4.78, 5) is 17.0. The minimum absolute atomic E-state index is 0.0161. The highest BCUT2D eigenvalue weighted by atomic mass is 35.5. The van der Waals surface area contributed by atoms with Crippen molar-refractivity contribution in [2.24, 2.45) is 0 Å². The summed E-state index contributed by atoms with van der Waals surface area (Å²) in [6.07, 6.45) is 3.87. The Labute approximate surface area is 164 Å². The first-order valence-corrected chi connectivity index (χ1v) is 9.95. The standard InChI is InChI=1S/C19H25ClN6O/c20-16-3-1-2-15(12-16)13-24-8-10-25(11-9-24)19(27)18-14-26(23-22-18)17-4-6-21-7-5-17/h1-3,12,14,17,21H,4-11,13H2. The van der Waals surface area contributed by atoms with Crippen LogP contribution in [0.1, 0.15) is 34.9 Å². The second-order valence-electron chi connectivity index (χ2n) is 7.26. The number of hydrogen-bond acceptors (Lipinski definition) is 5. The van der Waals surface area contributed by atoms with Gasteiger partial charge in [0, 0.05) is 37.7 Å². The molecule has 27 heavy (non-hydrogen) atoms. The number of aromatic nitrogens is 3. The SMILES string of the molecule is O=C(c1cn(C2CCNCC2)nn1)N1CCN(Cc2cccc(Cl)c2)CC1. The molecular formula is C19H25ClN6O. The zero-order valence-corrected chi connectivity index (χ0v) is 16.1. The molecule has 2 saturated heterocycles. The molecule has 2 aromatic rings. The number of piperazine rings is 1. The van der Waals surface area contributed by atoms with E-state index in [-0.39, 0.29) is 5.91 Å². The molecule has 3 heterocycles. The van der Waals surface area contributed by atoms with E-state index in [1.807, 2.05) is 34.0 Å². The highest BCUT2D eigenvalue weighted by Gasteiger charge is 2.25. The summed E-state index contributed by atoms with van der Waals surface area (Å²) in [5, 5.41) is 12.4. The van der Waals surface area contributed by atoms with E-state index in [9.17, 15) is 4.79 Å². The molecule has 1 aromatic heterocycles. The fraction of sp³-hybridized carbons (Fsp3) is 0.526. The van der Waals surface area contributed by atoms with E-state index in [0.717, 1.165) is 50.6 Å². The molecule has 4 rings (SSSR count). The summed E-state index contributed by atoms with van der Waals surface area (Å²) < 4.78 is 1.86. The number of hydrogen-bond donors (Lipinski definition) is 1. The highest BCUT2D eigenvalue weighted by Crippen LogP contribution is 2.18. The lowest BCUT2D eigenvalue weighted by molar-refractivity contribution is 0.0622. The molecule has 0 radical (unpaired) electrons. The topological polar surface area (TPSA) is 66.3 Å². The van der Waals surface area contributed by atoms with Crippen molar-refractivity contribution in [3.05, 3.63) is 46.7 Å². The summed E-state index contributed by atoms with van der Waals surface area (Å²) in [6, 6.07) is 8.29. The van der Waals surface area contributed by atoms with Gasteiger partial charge in [0.25, 0.3) is 5.91 Å². The van der Waals surface area contributed by atoms with Gasteiger partial charge in [0.05, 0.1) is 12.2 Å². The summed E-state index contributed by atoms with van der Waals surface area (Å²) >= 11 is 6.06. The molecule has 2 fully saturated rings. The minimum atomic E-state index is -0.0161. The number of carbonyl (C=O) groups excluding carboxylic acids is 1. The van der Waals surface area contributed by atoms with Crippen LogP contribution in [0.5, 0.6) is 0 Å². The first-order valence-electron chi connectivity index (χ1n) is 9.58. The number of benzene rings is 1. The molecule has 1 amide bonds. The van der Waals surface area contributed by atoms with E-state index < -0.39 is 0 Å². The van der Waals surface area contributed by atoms with E-state index in [2.05, 4.69) is 26.6 Å². The second-order valence-corrected chi connectivity index (χ2v) is 7.70. The Morgan fingerprint density at radius 2 is 1.96 bits per heavy atom. The van der Waals surface area contributed by atoms with E-state index >= 15 is 0 Å². The van der Waals surface area contributed by atoms with Crippen molar-refractivity contribution in [1.29, 1.82) is 0 Å². The Bertz CT molecular complexity index is 780. The van der Waals surface area contributed by atoms with Crippen molar-refractivity contribution in [3.63, 3.8) is 0 Å². The molecule has 0 bridgehead atoms. The van der Waals surface area contributed by atoms with Crippen molar-refractivity contribution in [2.75, 3.05) is 39.3 Å². The number of amides is 1. The van der Waals surface area contributed by atoms with Gasteiger partial charge < -0.3 is 10.2 Å². The van der Waals surface area contributed by atoms with E-state index in [1.165, 1.54) is 5.56 Å². The third kappa shape index (κ3) is 4.48. The van der Waals surface area contributed by atoms with Gasteiger partial charge in [-0.2, -0.15) is 0 Å². The van der Waals surface area contributed by atoms with Crippen molar-refractivity contribution >= 4 is 17.5 Å². The van der Waals surface area contributed by atoms with Crippen molar-refractivity contribution < 1.29 is 4.79 Å². The number of halogens is 1. The molecule has 0 atom stereocenters. The van der Waals surface area contributed by atoms with Crippen LogP contribution in [0.2, 0.25) is 5.02 Å². The monoisotopic (exact) mass is 388 g/mol. The predicted octanol–water partition coefficient (Wildman–Crippen LogP) is 1.81. The molecule has 1 N–H and O–H groups in total. The van der Waals surface area contributed by atoms with Gasteiger partial charge in [-0.1, -0.05) is 28.9 Å². The average Bonchev–Trinajstić information content (AvgIpc) is 3.19. The molecule has 7 nitrogen and oxygen atoms in total. The molecular weight excluding hydrogens is 364 g/mol. The summed E-state index contributed by atoms with van der Waals surface area (Å²) in [5.41, 5.74) is 1.66. The van der Waals surface area contributed by atoms with Gasteiger partial charge >= 0.3 is 0 Å². The van der Waals surface area contributed by atoms with Crippen LogP contribution in [0.4, 0.5) is 0 Å². The van der Waals surface area contributed by atoms with Crippen molar-refractivity contribution in [2.45, 2.75) is 25.4 Å². The average molecular weight is 389 g/mol. The molecule has 0 saturated carbocycles. The molecule has 0 aliphatic carbocycles. The smallest absolute Gasteiger partial charge is 0.276 e. The molecule has 0 spiro atoms. The van der Waals surface area contributed by atoms with Gasteiger partial charge in [-0.15, -0.1) is 5.10 Å². The zero-order chi connectivity index (χ0) is 18.6. The van der Waals surface area contributed by atoms with Gasteiger partial charge in [-0.3, -0.25) is 9.69 Å². The zero-order valence-electron chi connectivity index (χ0n) is 15.4. The molecule has 2 aliphatic rings. The molecule has 1 aromatic carbocycles. The van der Waals surface area contributed by atoms with E-state index in [0.29, 0.717) is 24.8 Å². The van der Waals surface area contributed by atoms with Gasteiger partial charge in [0.15, 0.2) is 5.69 Å². The van der Waals surface area contributed by atoms with Gasteiger partial charge in [0.1, 0.15) is 0 Å². The molecule has 8 heteroatoms. The van der Waals surface area contributed by atoms with Crippen LogP contribution in [0, 0.1) is 0 Å². The minimum Gasteiger partial charge on any atom is -0.335 e.